The molecule has 0 saturated carbocycles. The van der Waals surface area contributed by atoms with Crippen LogP contribution in [-0.2, 0) is 0 Å². The molecule has 4 nitrogen and oxygen atoms in total. The summed E-state index contributed by atoms with van der Waals surface area (Å²) in [5, 5.41) is 0. The standard InChI is InChI=1S/C23H22F3N3O/c1-14-10-18(13-19(11-14)29-9-8-21(27)28-22(29)30)20(23(24,25)26)7-6-17-5-4-15(2)16(3)12-17/h4-13,20H,1-3H3,(H2,27,28,30)/b7-6+. The van der Waals surface area contributed by atoms with Crippen molar-refractivity contribution in [3.63, 3.8) is 0 Å². The first-order valence-corrected chi connectivity index (χ1v) is 9.34. The lowest BCUT2D eigenvalue weighted by Gasteiger charge is -2.19. The molecule has 0 bridgehead atoms. The molecule has 7 heteroatoms. The highest BCUT2D eigenvalue weighted by molar-refractivity contribution is 5.54. The second-order valence-corrected chi connectivity index (χ2v) is 7.33. The number of nitrogens with zero attached hydrogens (tertiary/aromatic N) is 2. The zero-order chi connectivity index (χ0) is 22.1. The van der Waals surface area contributed by atoms with Crippen molar-refractivity contribution in [3.8, 4) is 5.69 Å². The fourth-order valence-corrected chi connectivity index (χ4v) is 3.21. The number of halogens is 3. The predicted molar refractivity (Wildman–Crippen MR) is 113 cm³/mol. The number of aryl methyl sites for hydroxylation is 3. The van der Waals surface area contributed by atoms with Gasteiger partial charge in [-0.05, 0) is 66.8 Å². The van der Waals surface area contributed by atoms with Crippen LogP contribution in [0.5, 0.6) is 0 Å². The minimum Gasteiger partial charge on any atom is -0.383 e. The van der Waals surface area contributed by atoms with E-state index in [4.69, 9.17) is 5.73 Å². The van der Waals surface area contributed by atoms with Gasteiger partial charge in [0.1, 0.15) is 5.82 Å². The number of allylic oxidation sites excluding steroid dienone is 1. The largest absolute Gasteiger partial charge is 0.399 e. The second kappa shape index (κ2) is 8.18. The van der Waals surface area contributed by atoms with Gasteiger partial charge in [0.05, 0.1) is 11.6 Å². The van der Waals surface area contributed by atoms with Crippen molar-refractivity contribution in [2.45, 2.75) is 32.9 Å². The molecule has 30 heavy (non-hydrogen) atoms. The van der Waals surface area contributed by atoms with Crippen molar-refractivity contribution in [2.75, 3.05) is 5.73 Å². The number of nitrogens with two attached hydrogens (primary N) is 1. The van der Waals surface area contributed by atoms with E-state index in [9.17, 15) is 18.0 Å². The minimum atomic E-state index is -4.49. The van der Waals surface area contributed by atoms with Crippen LogP contribution in [0, 0.1) is 20.8 Å². The number of alkyl halides is 3. The number of hydrogen-bond acceptors (Lipinski definition) is 3. The Hall–Kier alpha value is -3.35. The Morgan fingerprint density at radius 2 is 1.77 bits per heavy atom. The van der Waals surface area contributed by atoms with Crippen LogP contribution in [0.1, 0.15) is 33.7 Å². The smallest absolute Gasteiger partial charge is 0.383 e. The monoisotopic (exact) mass is 413 g/mol. The van der Waals surface area contributed by atoms with E-state index in [1.807, 2.05) is 26.0 Å². The van der Waals surface area contributed by atoms with Crippen molar-refractivity contribution >= 4 is 11.9 Å². The van der Waals surface area contributed by atoms with Crippen molar-refractivity contribution in [2.24, 2.45) is 0 Å². The van der Waals surface area contributed by atoms with Gasteiger partial charge in [-0.15, -0.1) is 0 Å². The van der Waals surface area contributed by atoms with Crippen LogP contribution >= 0.6 is 0 Å². The summed E-state index contributed by atoms with van der Waals surface area (Å²) in [6, 6.07) is 11.4. The molecule has 2 aromatic carbocycles. The highest BCUT2D eigenvalue weighted by Gasteiger charge is 2.39. The normalized spacial score (nSPS) is 13.0. The Kier molecular flexibility index (Phi) is 5.82. The van der Waals surface area contributed by atoms with Crippen LogP contribution < -0.4 is 11.4 Å². The van der Waals surface area contributed by atoms with Crippen molar-refractivity contribution < 1.29 is 13.2 Å². The molecule has 0 aliphatic heterocycles. The summed E-state index contributed by atoms with van der Waals surface area (Å²) in [4.78, 5) is 15.8. The lowest BCUT2D eigenvalue weighted by Crippen LogP contribution is -2.23. The molecule has 1 heterocycles. The van der Waals surface area contributed by atoms with Crippen LogP contribution in [0.4, 0.5) is 19.0 Å². The van der Waals surface area contributed by atoms with E-state index in [1.54, 1.807) is 19.1 Å². The first-order chi connectivity index (χ1) is 14.0. The topological polar surface area (TPSA) is 60.9 Å². The van der Waals surface area contributed by atoms with Gasteiger partial charge in [-0.1, -0.05) is 36.4 Å². The summed E-state index contributed by atoms with van der Waals surface area (Å²) in [6.45, 7) is 5.55. The van der Waals surface area contributed by atoms with E-state index in [2.05, 4.69) is 4.98 Å². The van der Waals surface area contributed by atoms with Crippen molar-refractivity contribution in [3.05, 3.63) is 93.0 Å². The lowest BCUT2D eigenvalue weighted by molar-refractivity contribution is -0.139. The maximum atomic E-state index is 13.9. The summed E-state index contributed by atoms with van der Waals surface area (Å²) in [6.07, 6.45) is -0.474. The molecule has 1 aromatic heterocycles. The molecule has 2 N–H and O–H groups in total. The van der Waals surface area contributed by atoms with E-state index < -0.39 is 17.8 Å². The quantitative estimate of drug-likeness (QED) is 0.647. The Morgan fingerprint density at radius 3 is 2.40 bits per heavy atom. The van der Waals surface area contributed by atoms with Crippen molar-refractivity contribution in [1.82, 2.24) is 9.55 Å². The molecule has 156 valence electrons. The van der Waals surface area contributed by atoms with Gasteiger partial charge >= 0.3 is 11.9 Å². The molecule has 1 atom stereocenters. The zero-order valence-electron chi connectivity index (χ0n) is 16.9. The third kappa shape index (κ3) is 4.79. The maximum absolute atomic E-state index is 13.9. The molecule has 1 unspecified atom stereocenters. The van der Waals surface area contributed by atoms with Crippen LogP contribution in [0.15, 0.2) is 59.5 Å². The van der Waals surface area contributed by atoms with Gasteiger partial charge in [0.25, 0.3) is 0 Å². The Bertz CT molecular complexity index is 1160. The van der Waals surface area contributed by atoms with Crippen LogP contribution in [0.3, 0.4) is 0 Å². The van der Waals surface area contributed by atoms with Crippen LogP contribution in [-0.4, -0.2) is 15.7 Å². The molecule has 3 aromatic rings. The Morgan fingerprint density at radius 1 is 1.03 bits per heavy atom. The average Bonchev–Trinajstić information content (AvgIpc) is 2.63. The number of nitrogen functional groups attached to an aromatic ring is 1. The SMILES string of the molecule is Cc1cc(C(/C=C/c2ccc(C)c(C)c2)C(F)(F)F)cc(-n2ccc(N)nc2=O)c1. The molecular formula is C23H22F3N3O. The van der Waals surface area contributed by atoms with E-state index in [-0.39, 0.29) is 11.4 Å². The fourth-order valence-electron chi connectivity index (χ4n) is 3.21. The van der Waals surface area contributed by atoms with E-state index in [0.29, 0.717) is 16.8 Å². The molecule has 0 fully saturated rings. The van der Waals surface area contributed by atoms with E-state index in [1.165, 1.54) is 35.0 Å². The van der Waals surface area contributed by atoms with Crippen LogP contribution in [0.2, 0.25) is 0 Å². The van der Waals surface area contributed by atoms with Gasteiger partial charge in [-0.25, -0.2) is 4.79 Å². The molecule has 3 rings (SSSR count). The molecule has 0 amide bonds. The predicted octanol–water partition coefficient (Wildman–Crippen LogP) is 5.10. The highest BCUT2D eigenvalue weighted by atomic mass is 19.4. The number of benzene rings is 2. The maximum Gasteiger partial charge on any atom is 0.399 e. The summed E-state index contributed by atoms with van der Waals surface area (Å²) >= 11 is 0. The van der Waals surface area contributed by atoms with Gasteiger partial charge in [0, 0.05) is 6.20 Å². The van der Waals surface area contributed by atoms with E-state index in [0.717, 1.165) is 17.2 Å². The van der Waals surface area contributed by atoms with E-state index >= 15 is 0 Å². The molecular weight excluding hydrogens is 391 g/mol. The summed E-state index contributed by atoms with van der Waals surface area (Å²) in [5.41, 5.74) is 8.57. The zero-order valence-corrected chi connectivity index (χ0v) is 16.9. The number of anilines is 1. The summed E-state index contributed by atoms with van der Waals surface area (Å²) < 4.78 is 42.9. The third-order valence-corrected chi connectivity index (χ3v) is 4.91. The Labute approximate surface area is 172 Å². The molecule has 0 saturated heterocycles. The highest BCUT2D eigenvalue weighted by Crippen LogP contribution is 2.37. The number of rotatable bonds is 4. The van der Waals surface area contributed by atoms with Gasteiger partial charge in [-0.3, -0.25) is 4.57 Å². The fraction of sp³-hybridized carbons (Fsp3) is 0.217. The first kappa shape index (κ1) is 21.4. The summed E-state index contributed by atoms with van der Waals surface area (Å²) in [7, 11) is 0. The van der Waals surface area contributed by atoms with Crippen LogP contribution in [0.25, 0.3) is 11.8 Å². The molecule has 0 aliphatic carbocycles. The Balaban J connectivity index is 2.06. The number of aromatic nitrogens is 2. The lowest BCUT2D eigenvalue weighted by atomic mass is 9.94. The van der Waals surface area contributed by atoms with Crippen molar-refractivity contribution in [1.29, 1.82) is 0 Å². The number of hydrogen-bond donors (Lipinski definition) is 1. The van der Waals surface area contributed by atoms with Gasteiger partial charge in [-0.2, -0.15) is 18.2 Å². The average molecular weight is 413 g/mol. The summed E-state index contributed by atoms with van der Waals surface area (Å²) in [5.74, 6) is -1.77. The first-order valence-electron chi connectivity index (χ1n) is 9.34. The van der Waals surface area contributed by atoms with Gasteiger partial charge < -0.3 is 5.73 Å². The minimum absolute atomic E-state index is 0.0429. The molecule has 0 radical (unpaired) electrons. The van der Waals surface area contributed by atoms with Gasteiger partial charge in [0.2, 0.25) is 0 Å². The third-order valence-electron chi connectivity index (χ3n) is 4.91. The molecule has 0 spiro atoms. The molecule has 0 aliphatic rings. The second-order valence-electron chi connectivity index (χ2n) is 7.33. The van der Waals surface area contributed by atoms with Gasteiger partial charge in [0.15, 0.2) is 0 Å².